The predicted octanol–water partition coefficient (Wildman–Crippen LogP) is 1.07. The number of carbonyl (C=O) groups excluding carboxylic acids is 1. The van der Waals surface area contributed by atoms with E-state index < -0.39 is 16.1 Å². The number of ether oxygens (including phenoxy) is 2. The SMILES string of the molecule is COC1COc2c(S(=O)(=O)NC(=O)Nc3c4c(nn3C(C)C)CCC4)cnn2C1. The van der Waals surface area contributed by atoms with Crippen molar-refractivity contribution in [3.05, 3.63) is 17.5 Å². The van der Waals surface area contributed by atoms with Gasteiger partial charge in [0.05, 0.1) is 18.4 Å². The Hall–Kier alpha value is -2.60. The third-order valence-corrected chi connectivity index (χ3v) is 6.36. The molecule has 11 nitrogen and oxygen atoms in total. The van der Waals surface area contributed by atoms with E-state index in [1.165, 1.54) is 10.9 Å². The maximum absolute atomic E-state index is 12.7. The van der Waals surface area contributed by atoms with Crippen LogP contribution in [0.2, 0.25) is 0 Å². The first-order chi connectivity index (χ1) is 13.8. The highest BCUT2D eigenvalue weighted by Crippen LogP contribution is 2.31. The number of aryl methyl sites for hydroxylation is 1. The van der Waals surface area contributed by atoms with E-state index in [4.69, 9.17) is 9.47 Å². The van der Waals surface area contributed by atoms with Crippen molar-refractivity contribution in [3.8, 4) is 5.88 Å². The number of amides is 2. The maximum Gasteiger partial charge on any atom is 0.334 e. The molecule has 1 aliphatic heterocycles. The molecule has 0 saturated carbocycles. The van der Waals surface area contributed by atoms with Crippen molar-refractivity contribution in [1.82, 2.24) is 24.3 Å². The van der Waals surface area contributed by atoms with Crippen molar-refractivity contribution in [2.45, 2.75) is 56.7 Å². The van der Waals surface area contributed by atoms with Gasteiger partial charge in [-0.1, -0.05) is 0 Å². The highest BCUT2D eigenvalue weighted by molar-refractivity contribution is 7.90. The highest BCUT2D eigenvalue weighted by Gasteiger charge is 2.32. The number of urea groups is 1. The van der Waals surface area contributed by atoms with Crippen LogP contribution in [0.4, 0.5) is 10.6 Å². The summed E-state index contributed by atoms with van der Waals surface area (Å²) in [7, 11) is -2.63. The summed E-state index contributed by atoms with van der Waals surface area (Å²) in [6.45, 7) is 4.47. The number of methoxy groups -OCH3 is 1. The number of nitrogens with one attached hydrogen (secondary N) is 2. The normalized spacial score (nSPS) is 18.3. The highest BCUT2D eigenvalue weighted by atomic mass is 32.2. The van der Waals surface area contributed by atoms with E-state index in [1.54, 1.807) is 11.8 Å². The monoisotopic (exact) mass is 424 g/mol. The molecule has 2 aromatic rings. The zero-order valence-corrected chi connectivity index (χ0v) is 17.3. The molecule has 1 unspecified atom stereocenters. The molecular formula is C17H24N6O5S. The molecule has 1 aliphatic carbocycles. The van der Waals surface area contributed by atoms with Gasteiger partial charge in [-0.2, -0.15) is 10.2 Å². The molecule has 0 bridgehead atoms. The van der Waals surface area contributed by atoms with Gasteiger partial charge in [0.1, 0.15) is 18.5 Å². The molecule has 2 aromatic heterocycles. The molecule has 1 atom stereocenters. The summed E-state index contributed by atoms with van der Waals surface area (Å²) in [5.41, 5.74) is 1.91. The van der Waals surface area contributed by atoms with Crippen molar-refractivity contribution in [3.63, 3.8) is 0 Å². The third-order valence-electron chi connectivity index (χ3n) is 5.05. The second-order valence-corrected chi connectivity index (χ2v) is 9.04. The summed E-state index contributed by atoms with van der Waals surface area (Å²) < 4.78 is 41.4. The second kappa shape index (κ2) is 7.34. The average molecular weight is 424 g/mol. The summed E-state index contributed by atoms with van der Waals surface area (Å²) in [5, 5.41) is 11.2. The fourth-order valence-corrected chi connectivity index (χ4v) is 4.59. The molecule has 0 fully saturated rings. The predicted molar refractivity (Wildman–Crippen MR) is 102 cm³/mol. The van der Waals surface area contributed by atoms with E-state index in [0.29, 0.717) is 12.4 Å². The molecule has 29 heavy (non-hydrogen) atoms. The van der Waals surface area contributed by atoms with Crippen LogP contribution in [0.25, 0.3) is 0 Å². The minimum Gasteiger partial charge on any atom is -0.474 e. The van der Waals surface area contributed by atoms with Gasteiger partial charge in [-0.3, -0.25) is 5.32 Å². The zero-order chi connectivity index (χ0) is 20.8. The number of sulfonamides is 1. The Morgan fingerprint density at radius 3 is 2.90 bits per heavy atom. The third kappa shape index (κ3) is 3.57. The van der Waals surface area contributed by atoms with E-state index >= 15 is 0 Å². The van der Waals surface area contributed by atoms with E-state index in [2.05, 4.69) is 15.5 Å². The van der Waals surface area contributed by atoms with Gasteiger partial charge in [0, 0.05) is 18.7 Å². The van der Waals surface area contributed by atoms with Crippen LogP contribution in [0, 0.1) is 0 Å². The second-order valence-electron chi connectivity index (χ2n) is 7.39. The van der Waals surface area contributed by atoms with E-state index in [9.17, 15) is 13.2 Å². The van der Waals surface area contributed by atoms with E-state index in [1.807, 2.05) is 18.6 Å². The van der Waals surface area contributed by atoms with Crippen LogP contribution in [0.1, 0.15) is 37.6 Å². The molecule has 0 aromatic carbocycles. The van der Waals surface area contributed by atoms with Gasteiger partial charge >= 0.3 is 6.03 Å². The first-order valence-electron chi connectivity index (χ1n) is 9.45. The van der Waals surface area contributed by atoms with Gasteiger partial charge in [0.25, 0.3) is 10.0 Å². The van der Waals surface area contributed by atoms with Crippen molar-refractivity contribution in [2.75, 3.05) is 19.0 Å². The Bertz CT molecular complexity index is 1040. The van der Waals surface area contributed by atoms with Crippen molar-refractivity contribution in [1.29, 1.82) is 0 Å². The van der Waals surface area contributed by atoms with E-state index in [0.717, 1.165) is 30.5 Å². The van der Waals surface area contributed by atoms with Crippen LogP contribution >= 0.6 is 0 Å². The molecule has 2 N–H and O–H groups in total. The smallest absolute Gasteiger partial charge is 0.334 e. The van der Waals surface area contributed by atoms with Crippen LogP contribution in [0.5, 0.6) is 5.88 Å². The van der Waals surface area contributed by atoms with Crippen LogP contribution in [0.15, 0.2) is 11.1 Å². The van der Waals surface area contributed by atoms with Gasteiger partial charge in [-0.05, 0) is 33.1 Å². The lowest BCUT2D eigenvalue weighted by atomic mass is 10.2. The van der Waals surface area contributed by atoms with Gasteiger partial charge in [-0.15, -0.1) is 0 Å². The Kier molecular flexibility index (Phi) is 4.99. The summed E-state index contributed by atoms with van der Waals surface area (Å²) in [5.74, 6) is 0.628. The molecular weight excluding hydrogens is 400 g/mol. The molecule has 2 amide bonds. The summed E-state index contributed by atoms with van der Waals surface area (Å²) in [6, 6.07) is -0.829. The number of hydrogen-bond acceptors (Lipinski definition) is 7. The molecule has 12 heteroatoms. The Balaban J connectivity index is 1.53. The topological polar surface area (TPSA) is 129 Å². The van der Waals surface area contributed by atoms with Crippen LogP contribution in [-0.4, -0.2) is 53.8 Å². The summed E-state index contributed by atoms with van der Waals surface area (Å²) in [4.78, 5) is 12.3. The molecule has 2 aliphatic rings. The minimum atomic E-state index is -4.17. The van der Waals surface area contributed by atoms with Gasteiger partial charge in [-0.25, -0.2) is 27.3 Å². The van der Waals surface area contributed by atoms with Gasteiger partial charge < -0.3 is 9.47 Å². The maximum atomic E-state index is 12.7. The van der Waals surface area contributed by atoms with Crippen LogP contribution in [-0.2, 0) is 34.1 Å². The number of aromatic nitrogens is 4. The number of nitrogens with zero attached hydrogens (tertiary/aromatic N) is 4. The van der Waals surface area contributed by atoms with Crippen molar-refractivity contribution < 1.29 is 22.7 Å². The Labute approximate surface area is 168 Å². The molecule has 0 spiro atoms. The minimum absolute atomic E-state index is 0.0253. The molecule has 4 rings (SSSR count). The van der Waals surface area contributed by atoms with E-state index in [-0.39, 0.29) is 29.5 Å². The number of carbonyl (C=O) groups is 1. The number of fused-ring (bicyclic) bond motifs is 2. The number of rotatable bonds is 5. The summed E-state index contributed by atoms with van der Waals surface area (Å²) in [6.07, 6.45) is 3.57. The first-order valence-corrected chi connectivity index (χ1v) is 10.9. The lowest BCUT2D eigenvalue weighted by Gasteiger charge is -2.23. The largest absolute Gasteiger partial charge is 0.474 e. The number of anilines is 1. The molecule has 3 heterocycles. The fraction of sp³-hybridized carbons (Fsp3) is 0.588. The van der Waals surface area contributed by atoms with Crippen LogP contribution < -0.4 is 14.8 Å². The Morgan fingerprint density at radius 2 is 2.17 bits per heavy atom. The lowest BCUT2D eigenvalue weighted by molar-refractivity contribution is 0.0165. The van der Waals surface area contributed by atoms with Crippen molar-refractivity contribution in [2.24, 2.45) is 0 Å². The molecule has 0 saturated heterocycles. The van der Waals surface area contributed by atoms with Crippen molar-refractivity contribution >= 4 is 21.9 Å². The fourth-order valence-electron chi connectivity index (χ4n) is 3.61. The number of hydrogen-bond donors (Lipinski definition) is 2. The van der Waals surface area contributed by atoms with Gasteiger partial charge in [0.15, 0.2) is 4.90 Å². The molecule has 158 valence electrons. The lowest BCUT2D eigenvalue weighted by Crippen LogP contribution is -2.36. The quantitative estimate of drug-likeness (QED) is 0.734. The standard InChI is InChI=1S/C17H24N6O5S/c1-10(2)23-15(12-5-4-6-13(12)20-23)19-17(24)21-29(25,26)14-7-18-22-8-11(27-3)9-28-16(14)22/h7,10-11H,4-6,8-9H2,1-3H3,(H2,19,21,24). The van der Waals surface area contributed by atoms with Gasteiger partial charge in [0.2, 0.25) is 5.88 Å². The Morgan fingerprint density at radius 1 is 1.38 bits per heavy atom. The summed E-state index contributed by atoms with van der Waals surface area (Å²) >= 11 is 0. The first kappa shape index (κ1) is 19.7. The van der Waals surface area contributed by atoms with Crippen LogP contribution in [0.3, 0.4) is 0 Å². The zero-order valence-electron chi connectivity index (χ0n) is 16.5. The molecule has 0 radical (unpaired) electrons. The average Bonchev–Trinajstić information content (AvgIpc) is 3.35.